The van der Waals surface area contributed by atoms with E-state index in [9.17, 15) is 9.18 Å². The number of hydrogen-bond acceptors (Lipinski definition) is 6. The summed E-state index contributed by atoms with van der Waals surface area (Å²) in [5.74, 6) is -0.0176. The summed E-state index contributed by atoms with van der Waals surface area (Å²) in [5, 5.41) is 3.72. The molecule has 1 N–H and O–H groups in total. The van der Waals surface area contributed by atoms with Gasteiger partial charge in [-0.05, 0) is 26.8 Å². The Morgan fingerprint density at radius 3 is 2.73 bits per heavy atom. The van der Waals surface area contributed by atoms with E-state index in [-0.39, 0.29) is 12.2 Å². The number of carbonyl (C=O) groups is 1. The van der Waals surface area contributed by atoms with Gasteiger partial charge in [-0.1, -0.05) is 18.2 Å². The molecule has 0 saturated heterocycles. The average Bonchev–Trinajstić information content (AvgIpc) is 2.62. The number of halogens is 1. The smallest absolute Gasteiger partial charge is 0.278 e. The lowest BCUT2D eigenvalue weighted by Crippen LogP contribution is -2.26. The highest BCUT2D eigenvalue weighted by Crippen LogP contribution is 2.15. The lowest BCUT2D eigenvalue weighted by atomic mass is 10.2. The van der Waals surface area contributed by atoms with E-state index in [0.717, 1.165) is 18.8 Å². The molecule has 8 heteroatoms. The van der Waals surface area contributed by atoms with Crippen molar-refractivity contribution in [2.75, 3.05) is 24.6 Å². The van der Waals surface area contributed by atoms with Crippen LogP contribution in [0.1, 0.15) is 25.1 Å². The maximum absolute atomic E-state index is 13.4. The molecule has 7 nitrogen and oxygen atoms in total. The molecule has 1 aromatic carbocycles. The third kappa shape index (κ3) is 5.51. The van der Waals surface area contributed by atoms with Crippen LogP contribution in [-0.4, -0.2) is 41.8 Å². The third-order valence-corrected chi connectivity index (χ3v) is 3.51. The first kappa shape index (κ1) is 19.3. The molecule has 1 heterocycles. The van der Waals surface area contributed by atoms with Gasteiger partial charge in [-0.2, -0.15) is 10.1 Å². The Kier molecular flexibility index (Phi) is 7.02. The number of anilines is 1. The van der Waals surface area contributed by atoms with Crippen LogP contribution >= 0.6 is 0 Å². The molecule has 0 aliphatic heterocycles. The molecule has 0 atom stereocenters. The lowest BCUT2D eigenvalue weighted by molar-refractivity contribution is -0.123. The third-order valence-electron chi connectivity index (χ3n) is 3.51. The van der Waals surface area contributed by atoms with Crippen molar-refractivity contribution in [2.45, 2.75) is 20.8 Å². The number of aryl methyl sites for hydroxylation is 1. The summed E-state index contributed by atoms with van der Waals surface area (Å²) in [6.07, 6.45) is 1.24. The predicted octanol–water partition coefficient (Wildman–Crippen LogP) is 2.30. The van der Waals surface area contributed by atoms with Crippen LogP contribution < -0.4 is 15.1 Å². The Morgan fingerprint density at radius 2 is 2.04 bits per heavy atom. The van der Waals surface area contributed by atoms with Gasteiger partial charge in [-0.15, -0.1) is 0 Å². The molecule has 0 saturated carbocycles. The fourth-order valence-electron chi connectivity index (χ4n) is 2.17. The summed E-state index contributed by atoms with van der Waals surface area (Å²) in [6, 6.07) is 7.79. The van der Waals surface area contributed by atoms with Gasteiger partial charge >= 0.3 is 0 Å². The first-order valence-corrected chi connectivity index (χ1v) is 8.33. The first-order chi connectivity index (χ1) is 12.5. The average molecular weight is 359 g/mol. The fraction of sp³-hybridized carbons (Fsp3) is 0.333. The van der Waals surface area contributed by atoms with Crippen LogP contribution in [0.5, 0.6) is 5.88 Å². The van der Waals surface area contributed by atoms with Crippen LogP contribution in [0.2, 0.25) is 0 Å². The van der Waals surface area contributed by atoms with Crippen molar-refractivity contribution in [1.29, 1.82) is 0 Å². The lowest BCUT2D eigenvalue weighted by Gasteiger charge is -2.19. The van der Waals surface area contributed by atoms with Crippen molar-refractivity contribution in [3.05, 3.63) is 47.4 Å². The van der Waals surface area contributed by atoms with Gasteiger partial charge in [0.15, 0.2) is 6.61 Å². The van der Waals surface area contributed by atoms with E-state index in [4.69, 9.17) is 4.74 Å². The van der Waals surface area contributed by atoms with E-state index in [2.05, 4.69) is 20.5 Å². The minimum Gasteiger partial charge on any atom is -0.467 e. The Bertz CT molecular complexity index is 778. The molecule has 0 fully saturated rings. The Morgan fingerprint density at radius 1 is 1.31 bits per heavy atom. The number of ether oxygens (including phenoxy) is 1. The maximum atomic E-state index is 13.4. The second-order valence-electron chi connectivity index (χ2n) is 5.42. The quantitative estimate of drug-likeness (QED) is 0.578. The number of benzene rings is 1. The van der Waals surface area contributed by atoms with Gasteiger partial charge in [0.2, 0.25) is 11.8 Å². The number of nitrogens with one attached hydrogen (secondary N) is 1. The molecule has 0 aliphatic rings. The molecular weight excluding hydrogens is 337 g/mol. The van der Waals surface area contributed by atoms with Crippen molar-refractivity contribution < 1.29 is 13.9 Å². The van der Waals surface area contributed by atoms with Crippen LogP contribution in [0.4, 0.5) is 10.3 Å². The van der Waals surface area contributed by atoms with E-state index < -0.39 is 11.7 Å². The number of hydrogen-bond donors (Lipinski definition) is 1. The molecule has 0 aliphatic carbocycles. The molecule has 138 valence electrons. The van der Waals surface area contributed by atoms with Crippen LogP contribution in [0.15, 0.2) is 35.4 Å². The second kappa shape index (κ2) is 9.45. The summed E-state index contributed by atoms with van der Waals surface area (Å²) in [7, 11) is 0. The minimum absolute atomic E-state index is 0.261. The molecule has 2 aromatic rings. The molecule has 0 unspecified atom stereocenters. The van der Waals surface area contributed by atoms with Gasteiger partial charge in [0.05, 0.1) is 6.21 Å². The molecule has 26 heavy (non-hydrogen) atoms. The van der Waals surface area contributed by atoms with Crippen LogP contribution in [0, 0.1) is 12.7 Å². The second-order valence-corrected chi connectivity index (χ2v) is 5.42. The molecule has 0 spiro atoms. The normalized spacial score (nSPS) is 10.8. The van der Waals surface area contributed by atoms with E-state index in [0.29, 0.717) is 11.8 Å². The standard InChI is InChI=1S/C18H22FN5O2/c1-4-24(5-2)18-21-13(3)10-17(22-18)26-12-16(25)23-20-11-14-8-6-7-9-15(14)19/h6-11H,4-5,12H2,1-3H3,(H,23,25). The highest BCUT2D eigenvalue weighted by molar-refractivity contribution is 5.83. The minimum atomic E-state index is -0.474. The Balaban J connectivity index is 1.92. The van der Waals surface area contributed by atoms with E-state index in [1.807, 2.05) is 25.7 Å². The topological polar surface area (TPSA) is 79.7 Å². The predicted molar refractivity (Wildman–Crippen MR) is 98.0 cm³/mol. The Hall–Kier alpha value is -3.03. The van der Waals surface area contributed by atoms with Crippen molar-refractivity contribution in [1.82, 2.24) is 15.4 Å². The summed E-state index contributed by atoms with van der Waals surface area (Å²) in [4.78, 5) is 22.5. The number of nitrogens with zero attached hydrogens (tertiary/aromatic N) is 4. The molecular formula is C18H22FN5O2. The zero-order valence-electron chi connectivity index (χ0n) is 15.1. The van der Waals surface area contributed by atoms with Gasteiger partial charge in [0.25, 0.3) is 5.91 Å². The number of hydrazone groups is 1. The molecule has 1 aromatic heterocycles. The van der Waals surface area contributed by atoms with Gasteiger partial charge in [0.1, 0.15) is 5.82 Å². The molecule has 1 amide bonds. The number of aromatic nitrogens is 2. The highest BCUT2D eigenvalue weighted by Gasteiger charge is 2.10. The maximum Gasteiger partial charge on any atom is 0.278 e. The largest absolute Gasteiger partial charge is 0.467 e. The van der Waals surface area contributed by atoms with E-state index in [1.165, 1.54) is 12.3 Å². The number of rotatable bonds is 8. The molecule has 2 rings (SSSR count). The summed E-state index contributed by atoms with van der Waals surface area (Å²) >= 11 is 0. The van der Waals surface area contributed by atoms with Crippen molar-refractivity contribution in [2.24, 2.45) is 5.10 Å². The zero-order valence-corrected chi connectivity index (χ0v) is 15.1. The van der Waals surface area contributed by atoms with Gasteiger partial charge < -0.3 is 9.64 Å². The Labute approximate surface area is 151 Å². The van der Waals surface area contributed by atoms with E-state index in [1.54, 1.807) is 24.3 Å². The van der Waals surface area contributed by atoms with Gasteiger partial charge in [-0.3, -0.25) is 4.79 Å². The first-order valence-electron chi connectivity index (χ1n) is 8.33. The number of amides is 1. The fourth-order valence-corrected chi connectivity index (χ4v) is 2.17. The van der Waals surface area contributed by atoms with Gasteiger partial charge in [0, 0.05) is 30.4 Å². The van der Waals surface area contributed by atoms with Crippen molar-refractivity contribution >= 4 is 18.1 Å². The van der Waals surface area contributed by atoms with Crippen molar-refractivity contribution in [3.63, 3.8) is 0 Å². The number of carbonyl (C=O) groups excluding carboxylic acids is 1. The zero-order chi connectivity index (χ0) is 18.9. The van der Waals surface area contributed by atoms with Gasteiger partial charge in [-0.25, -0.2) is 14.8 Å². The van der Waals surface area contributed by atoms with Crippen molar-refractivity contribution in [3.8, 4) is 5.88 Å². The summed E-state index contributed by atoms with van der Waals surface area (Å²) < 4.78 is 18.9. The van der Waals surface area contributed by atoms with Crippen LogP contribution in [0.25, 0.3) is 0 Å². The highest BCUT2D eigenvalue weighted by atomic mass is 19.1. The van der Waals surface area contributed by atoms with Crippen LogP contribution in [0.3, 0.4) is 0 Å². The molecule has 0 radical (unpaired) electrons. The van der Waals surface area contributed by atoms with Crippen LogP contribution in [-0.2, 0) is 4.79 Å². The summed E-state index contributed by atoms with van der Waals surface area (Å²) in [5.41, 5.74) is 3.31. The monoisotopic (exact) mass is 359 g/mol. The summed E-state index contributed by atoms with van der Waals surface area (Å²) in [6.45, 7) is 7.13. The molecule has 0 bridgehead atoms. The SMILES string of the molecule is CCN(CC)c1nc(C)cc(OCC(=O)NN=Cc2ccccc2F)n1. The van der Waals surface area contributed by atoms with E-state index >= 15 is 0 Å².